The van der Waals surface area contributed by atoms with Gasteiger partial charge in [-0.3, -0.25) is 4.98 Å². The minimum Gasteiger partial charge on any atom is -0.438 e. The van der Waals surface area contributed by atoms with Crippen molar-refractivity contribution in [2.75, 3.05) is 0 Å². The third kappa shape index (κ3) is 3.48. The molecule has 0 unspecified atom stereocenters. The van der Waals surface area contributed by atoms with Crippen LogP contribution >= 0.6 is 0 Å². The van der Waals surface area contributed by atoms with E-state index in [1.807, 2.05) is 18.3 Å². The highest BCUT2D eigenvalue weighted by molar-refractivity contribution is 6.05. The predicted molar refractivity (Wildman–Crippen MR) is 123 cm³/mol. The maximum Gasteiger partial charge on any atom is 0.227 e. The molecule has 2 aromatic carbocycles. The molecule has 5 aromatic rings. The number of aromatic nitrogens is 2. The first-order chi connectivity index (χ1) is 14.5. The van der Waals surface area contributed by atoms with Crippen LogP contribution in [0.2, 0.25) is 0 Å². The summed E-state index contributed by atoms with van der Waals surface area (Å²) in [6.07, 6.45) is 2.69. The van der Waals surface area contributed by atoms with E-state index in [9.17, 15) is 0 Å². The quantitative estimate of drug-likeness (QED) is 0.334. The topological polar surface area (TPSA) is 38.9 Å². The number of hydrogen-bond donors (Lipinski definition) is 0. The summed E-state index contributed by atoms with van der Waals surface area (Å²) in [6.45, 7) is 6.66. The summed E-state index contributed by atoms with van der Waals surface area (Å²) in [4.78, 5) is 9.38. The minimum atomic E-state index is 0.0865. The van der Waals surface area contributed by atoms with Crippen molar-refractivity contribution >= 4 is 22.1 Å². The van der Waals surface area contributed by atoms with Crippen molar-refractivity contribution in [3.05, 3.63) is 95.8 Å². The van der Waals surface area contributed by atoms with Crippen LogP contribution in [0.5, 0.6) is 0 Å². The van der Waals surface area contributed by atoms with Crippen LogP contribution in [0.25, 0.3) is 33.3 Å². The summed E-state index contributed by atoms with van der Waals surface area (Å²) in [5.41, 5.74) is 7.22. The molecule has 5 rings (SSSR count). The van der Waals surface area contributed by atoms with Crippen molar-refractivity contribution in [3.63, 3.8) is 0 Å². The highest BCUT2D eigenvalue weighted by atomic mass is 16.3. The molecular formula is C27H24N2O. The van der Waals surface area contributed by atoms with E-state index in [1.165, 1.54) is 11.1 Å². The first-order valence-electron chi connectivity index (χ1n) is 10.3. The van der Waals surface area contributed by atoms with Crippen LogP contribution in [-0.2, 0) is 11.8 Å². The normalized spacial score (nSPS) is 12.0. The molecule has 0 amide bonds. The second kappa shape index (κ2) is 7.10. The number of furan rings is 1. The van der Waals surface area contributed by atoms with E-state index in [-0.39, 0.29) is 5.41 Å². The second-order valence-electron chi connectivity index (χ2n) is 8.81. The fourth-order valence-corrected chi connectivity index (χ4v) is 3.81. The Bertz CT molecular complexity index is 1340. The zero-order valence-electron chi connectivity index (χ0n) is 17.5. The van der Waals surface area contributed by atoms with Crippen LogP contribution in [-0.4, -0.2) is 9.97 Å². The molecular weight excluding hydrogens is 368 g/mol. The van der Waals surface area contributed by atoms with E-state index < -0.39 is 0 Å². The lowest BCUT2D eigenvalue weighted by molar-refractivity contribution is 0.589. The Labute approximate surface area is 176 Å². The van der Waals surface area contributed by atoms with Gasteiger partial charge in [0.05, 0.1) is 5.69 Å². The molecule has 3 heterocycles. The van der Waals surface area contributed by atoms with Gasteiger partial charge in [-0.1, -0.05) is 51.1 Å². The number of benzene rings is 2. The molecule has 0 fully saturated rings. The number of rotatable bonds is 3. The molecule has 0 aliphatic carbocycles. The van der Waals surface area contributed by atoms with Crippen LogP contribution in [0.4, 0.5) is 0 Å². The number of hydrogen-bond acceptors (Lipinski definition) is 3. The van der Waals surface area contributed by atoms with E-state index in [0.29, 0.717) is 5.71 Å². The maximum absolute atomic E-state index is 6.07. The Morgan fingerprint density at radius 3 is 2.47 bits per heavy atom. The van der Waals surface area contributed by atoms with Gasteiger partial charge >= 0.3 is 0 Å². The second-order valence-corrected chi connectivity index (χ2v) is 8.81. The van der Waals surface area contributed by atoms with E-state index in [4.69, 9.17) is 9.40 Å². The van der Waals surface area contributed by atoms with Gasteiger partial charge in [-0.05, 0) is 59.0 Å². The van der Waals surface area contributed by atoms with Crippen molar-refractivity contribution in [1.29, 1.82) is 0 Å². The van der Waals surface area contributed by atoms with Gasteiger partial charge in [0, 0.05) is 34.6 Å². The number of fused-ring (bicyclic) bond motifs is 3. The first kappa shape index (κ1) is 18.6. The van der Waals surface area contributed by atoms with Crippen molar-refractivity contribution < 1.29 is 4.42 Å². The Kier molecular flexibility index (Phi) is 4.39. The lowest BCUT2D eigenvalue weighted by Gasteiger charge is -2.19. The molecule has 0 bridgehead atoms. The largest absolute Gasteiger partial charge is 0.438 e. The first-order valence-corrected chi connectivity index (χ1v) is 10.3. The molecule has 3 heteroatoms. The van der Waals surface area contributed by atoms with Gasteiger partial charge in [-0.2, -0.15) is 0 Å². The fourth-order valence-electron chi connectivity index (χ4n) is 3.81. The van der Waals surface area contributed by atoms with Crippen LogP contribution in [0, 0.1) is 0 Å². The Hall–Kier alpha value is -3.46. The van der Waals surface area contributed by atoms with Gasteiger partial charge in [0.25, 0.3) is 0 Å². The van der Waals surface area contributed by atoms with Gasteiger partial charge in [-0.15, -0.1) is 0 Å². The molecule has 0 aliphatic heterocycles. The van der Waals surface area contributed by atoms with Crippen LogP contribution in [0.15, 0.2) is 83.4 Å². The molecule has 148 valence electrons. The van der Waals surface area contributed by atoms with E-state index in [1.54, 1.807) is 0 Å². The van der Waals surface area contributed by atoms with Crippen molar-refractivity contribution in [2.45, 2.75) is 32.6 Å². The molecule has 0 saturated carbocycles. The van der Waals surface area contributed by atoms with Crippen LogP contribution < -0.4 is 0 Å². The van der Waals surface area contributed by atoms with Crippen molar-refractivity contribution in [1.82, 2.24) is 9.97 Å². The van der Waals surface area contributed by atoms with Gasteiger partial charge in [0.2, 0.25) is 5.71 Å². The maximum atomic E-state index is 6.07. The number of nitrogens with zero attached hydrogens (tertiary/aromatic N) is 2. The summed E-state index contributed by atoms with van der Waals surface area (Å²) in [7, 11) is 0. The van der Waals surface area contributed by atoms with Crippen molar-refractivity contribution in [2.24, 2.45) is 0 Å². The predicted octanol–water partition coefficient (Wildman–Crippen LogP) is 6.93. The summed E-state index contributed by atoms with van der Waals surface area (Å²) in [5, 5.41) is 2.11. The zero-order valence-corrected chi connectivity index (χ0v) is 17.5. The lowest BCUT2D eigenvalue weighted by Crippen LogP contribution is -2.11. The average molecular weight is 393 g/mol. The molecule has 0 aliphatic rings. The summed E-state index contributed by atoms with van der Waals surface area (Å²) in [5.74, 6) is 0. The molecule has 3 aromatic heterocycles. The summed E-state index contributed by atoms with van der Waals surface area (Å²) in [6, 6.07) is 25.1. The highest BCUT2D eigenvalue weighted by Crippen LogP contribution is 2.32. The molecule has 30 heavy (non-hydrogen) atoms. The van der Waals surface area contributed by atoms with E-state index in [0.717, 1.165) is 39.7 Å². The number of pyridine rings is 2. The van der Waals surface area contributed by atoms with E-state index in [2.05, 4.69) is 86.4 Å². The molecule has 3 nitrogen and oxygen atoms in total. The van der Waals surface area contributed by atoms with Gasteiger partial charge < -0.3 is 4.42 Å². The van der Waals surface area contributed by atoms with Gasteiger partial charge in [-0.25, -0.2) is 4.98 Å². The Balaban J connectivity index is 1.55. The molecule has 0 radical (unpaired) electrons. The van der Waals surface area contributed by atoms with Gasteiger partial charge in [0.15, 0.2) is 0 Å². The van der Waals surface area contributed by atoms with Crippen molar-refractivity contribution in [3.8, 4) is 11.3 Å². The SMILES string of the molecule is CC(C)(C)c1ccnc(-c2ccc3oc4nc(Cc5ccccc5)ccc4c3c2)c1. The van der Waals surface area contributed by atoms with Gasteiger partial charge in [0.1, 0.15) is 5.58 Å². The van der Waals surface area contributed by atoms with E-state index >= 15 is 0 Å². The van der Waals surface area contributed by atoms with Crippen LogP contribution in [0.3, 0.4) is 0 Å². The monoisotopic (exact) mass is 392 g/mol. The molecule has 0 N–H and O–H groups in total. The smallest absolute Gasteiger partial charge is 0.227 e. The third-order valence-corrected chi connectivity index (χ3v) is 5.54. The minimum absolute atomic E-state index is 0.0865. The Morgan fingerprint density at radius 1 is 0.833 bits per heavy atom. The molecule has 0 spiro atoms. The molecule has 0 atom stereocenters. The third-order valence-electron chi connectivity index (χ3n) is 5.54. The average Bonchev–Trinajstić information content (AvgIpc) is 3.11. The summed E-state index contributed by atoms with van der Waals surface area (Å²) >= 11 is 0. The van der Waals surface area contributed by atoms with Crippen LogP contribution in [0.1, 0.15) is 37.6 Å². The summed E-state index contributed by atoms with van der Waals surface area (Å²) < 4.78 is 6.07. The Morgan fingerprint density at radius 2 is 1.67 bits per heavy atom. The lowest BCUT2D eigenvalue weighted by atomic mass is 9.87. The highest BCUT2D eigenvalue weighted by Gasteiger charge is 2.16. The standard InChI is InChI=1S/C27H24N2O/c1-27(2,3)20-13-14-28-24(17-20)19-9-12-25-23(16-19)22-11-10-21(29-26(22)30-25)15-18-7-5-4-6-8-18/h4-14,16-17H,15H2,1-3H3. The fraction of sp³-hybridized carbons (Fsp3) is 0.185. The zero-order chi connectivity index (χ0) is 20.7. The molecule has 0 saturated heterocycles.